The minimum absolute atomic E-state index is 0.00622. The number of aromatic nitrogens is 1. The highest BCUT2D eigenvalue weighted by Gasteiger charge is 2.34. The number of hydrogen-bond donors (Lipinski definition) is 3. The number of anilines is 2. The maximum atomic E-state index is 14.4. The first-order valence-electron chi connectivity index (χ1n) is 18.6. The van der Waals surface area contributed by atoms with Gasteiger partial charge in [-0.15, -0.1) is 23.1 Å². The number of nitrogens with one attached hydrogen (secondary N) is 3. The number of thioether (sulfide) groups is 1. The number of rotatable bonds is 12. The summed E-state index contributed by atoms with van der Waals surface area (Å²) < 4.78 is 11.0. The second-order valence-electron chi connectivity index (χ2n) is 14.1. The van der Waals surface area contributed by atoms with Crippen LogP contribution in [0.4, 0.5) is 15.5 Å². The van der Waals surface area contributed by atoms with E-state index in [2.05, 4.69) is 20.9 Å². The Kier molecular flexibility index (Phi) is 13.4. The van der Waals surface area contributed by atoms with Crippen LogP contribution in [0.2, 0.25) is 0 Å². The van der Waals surface area contributed by atoms with Crippen molar-refractivity contribution in [3.05, 3.63) is 148 Å². The van der Waals surface area contributed by atoms with Gasteiger partial charge in [0.25, 0.3) is 11.8 Å². The van der Waals surface area contributed by atoms with Crippen molar-refractivity contribution in [3.8, 4) is 0 Å². The van der Waals surface area contributed by atoms with E-state index in [1.54, 1.807) is 112 Å². The number of fused-ring (bicyclic) bond motifs is 1. The molecule has 3 aromatic carbocycles. The number of carbonyl (C=O) groups excluding carboxylic acids is 5. The summed E-state index contributed by atoms with van der Waals surface area (Å²) in [6.07, 6.45) is 4.67. The molecule has 298 valence electrons. The number of benzene rings is 3. The van der Waals surface area contributed by atoms with E-state index in [0.29, 0.717) is 45.2 Å². The summed E-state index contributed by atoms with van der Waals surface area (Å²) in [6, 6.07) is 28.3. The van der Waals surface area contributed by atoms with Crippen molar-refractivity contribution in [3.63, 3.8) is 0 Å². The molecule has 0 radical (unpaired) electrons. The van der Waals surface area contributed by atoms with Crippen molar-refractivity contribution < 1.29 is 33.4 Å². The van der Waals surface area contributed by atoms with Gasteiger partial charge in [-0.2, -0.15) is 0 Å². The van der Waals surface area contributed by atoms with E-state index in [9.17, 15) is 24.0 Å². The number of thiophene rings is 1. The van der Waals surface area contributed by atoms with Gasteiger partial charge in [0.1, 0.15) is 21.5 Å². The Morgan fingerprint density at radius 3 is 2.36 bits per heavy atom. The third-order valence-electron chi connectivity index (χ3n) is 8.64. The second kappa shape index (κ2) is 18.8. The molecule has 0 fully saturated rings. The third-order valence-corrected chi connectivity index (χ3v) is 11.0. The molecular formula is C44H43N5O7S2. The number of hydrogen-bond acceptors (Lipinski definition) is 10. The number of pyridine rings is 1. The molecule has 1 aliphatic heterocycles. The van der Waals surface area contributed by atoms with Gasteiger partial charge in [0.05, 0.1) is 18.7 Å². The van der Waals surface area contributed by atoms with Crippen LogP contribution in [0.15, 0.2) is 120 Å². The van der Waals surface area contributed by atoms with E-state index < -0.39 is 34.7 Å². The fourth-order valence-corrected chi connectivity index (χ4v) is 8.36. The minimum Gasteiger partial charge on any atom is -0.462 e. The summed E-state index contributed by atoms with van der Waals surface area (Å²) in [5.41, 5.74) is 2.50. The molecule has 3 heterocycles. The van der Waals surface area contributed by atoms with Gasteiger partial charge in [0.2, 0.25) is 5.91 Å². The molecule has 4 amide bonds. The quantitative estimate of drug-likeness (QED) is 0.0639. The minimum atomic E-state index is -0.786. The molecule has 1 atom stereocenters. The van der Waals surface area contributed by atoms with Crippen LogP contribution < -0.4 is 16.0 Å². The normalized spacial score (nSPS) is 13.1. The summed E-state index contributed by atoms with van der Waals surface area (Å²) >= 11 is 2.50. The van der Waals surface area contributed by atoms with Crippen LogP contribution in [0.5, 0.6) is 0 Å². The number of carbonyl (C=O) groups is 5. The fraction of sp³-hybridized carbons (Fsp3) is 0.227. The van der Waals surface area contributed by atoms with Crippen molar-refractivity contribution in [2.45, 2.75) is 56.4 Å². The zero-order valence-electron chi connectivity index (χ0n) is 32.4. The van der Waals surface area contributed by atoms with E-state index in [0.717, 1.165) is 10.4 Å². The molecule has 12 nitrogen and oxygen atoms in total. The van der Waals surface area contributed by atoms with E-state index in [-0.39, 0.29) is 30.3 Å². The van der Waals surface area contributed by atoms with Gasteiger partial charge in [-0.1, -0.05) is 60.7 Å². The summed E-state index contributed by atoms with van der Waals surface area (Å²) in [5.74, 6) is -1.95. The lowest BCUT2D eigenvalue weighted by atomic mass is 10.0. The molecule has 1 aliphatic rings. The molecule has 5 aromatic rings. The van der Waals surface area contributed by atoms with Gasteiger partial charge in [-0.25, -0.2) is 9.59 Å². The Labute approximate surface area is 345 Å². The van der Waals surface area contributed by atoms with Gasteiger partial charge in [-0.05, 0) is 93.3 Å². The van der Waals surface area contributed by atoms with Crippen molar-refractivity contribution >= 4 is 69.6 Å². The smallest absolute Gasteiger partial charge is 0.410 e. The molecule has 14 heteroatoms. The molecule has 0 bridgehead atoms. The number of ether oxygens (including phenoxy) is 2. The lowest BCUT2D eigenvalue weighted by molar-refractivity contribution is -0.116. The Balaban J connectivity index is 1.24. The second-order valence-corrected chi connectivity index (χ2v) is 16.4. The number of amides is 4. The highest BCUT2D eigenvalue weighted by atomic mass is 32.2. The van der Waals surface area contributed by atoms with Crippen molar-refractivity contribution in [1.29, 1.82) is 0 Å². The molecular weight excluding hydrogens is 775 g/mol. The van der Waals surface area contributed by atoms with E-state index in [1.165, 1.54) is 23.1 Å². The Morgan fingerprint density at radius 1 is 0.931 bits per heavy atom. The van der Waals surface area contributed by atoms with Crippen LogP contribution >= 0.6 is 23.1 Å². The van der Waals surface area contributed by atoms with E-state index in [4.69, 9.17) is 9.47 Å². The van der Waals surface area contributed by atoms with Crippen LogP contribution in [-0.2, 0) is 32.0 Å². The molecule has 2 aromatic heterocycles. The van der Waals surface area contributed by atoms with Gasteiger partial charge in [-0.3, -0.25) is 19.4 Å². The summed E-state index contributed by atoms with van der Waals surface area (Å²) in [5, 5.41) is 8.19. The van der Waals surface area contributed by atoms with Crippen LogP contribution in [0, 0.1) is 0 Å². The van der Waals surface area contributed by atoms with Gasteiger partial charge in [0, 0.05) is 40.0 Å². The first kappa shape index (κ1) is 41.4. The summed E-state index contributed by atoms with van der Waals surface area (Å²) in [4.78, 5) is 74.6. The molecule has 0 saturated carbocycles. The van der Waals surface area contributed by atoms with E-state index in [1.807, 2.05) is 36.4 Å². The van der Waals surface area contributed by atoms with Crippen molar-refractivity contribution in [2.75, 3.05) is 23.8 Å². The van der Waals surface area contributed by atoms with Crippen LogP contribution in [0.1, 0.15) is 75.2 Å². The first-order chi connectivity index (χ1) is 27.9. The average Bonchev–Trinajstić information content (AvgIpc) is 3.57. The van der Waals surface area contributed by atoms with E-state index >= 15 is 0 Å². The maximum absolute atomic E-state index is 14.4. The largest absolute Gasteiger partial charge is 0.462 e. The van der Waals surface area contributed by atoms with Gasteiger partial charge in [0.15, 0.2) is 0 Å². The molecule has 3 N–H and O–H groups in total. The van der Waals surface area contributed by atoms with Gasteiger partial charge >= 0.3 is 12.1 Å². The Hall–Kier alpha value is -6.25. The highest BCUT2D eigenvalue weighted by Crippen LogP contribution is 2.41. The zero-order chi connectivity index (χ0) is 41.2. The fourth-order valence-electron chi connectivity index (χ4n) is 6.02. The third kappa shape index (κ3) is 10.8. The molecule has 1 unspecified atom stereocenters. The predicted octanol–water partition coefficient (Wildman–Crippen LogP) is 8.49. The molecule has 0 saturated heterocycles. The molecule has 58 heavy (non-hydrogen) atoms. The maximum Gasteiger partial charge on any atom is 0.410 e. The standard InChI is InChI=1S/C44H43N5O7S2/c1-5-55-42(53)36-33-21-23-49(43(54)56-44(2,3)4)27-35(33)58-41(36)48-40(52)37(29-15-8-6-9-16-29)57-32-20-12-19-31(25-32)46-39(51)34(24-28-14-13-22-45-26-28)47-38(50)30-17-10-7-11-18-30/h6-20,22,24-26,37H,5,21,23,27H2,1-4H3,(H,46,51)(H,47,50)(H,48,52)/b34-24-. The van der Waals surface area contributed by atoms with Crippen molar-refractivity contribution in [1.82, 2.24) is 15.2 Å². The lowest BCUT2D eigenvalue weighted by Gasteiger charge is -2.30. The Bertz CT molecular complexity index is 2310. The predicted molar refractivity (Wildman–Crippen MR) is 225 cm³/mol. The zero-order valence-corrected chi connectivity index (χ0v) is 34.1. The number of esters is 1. The molecule has 0 spiro atoms. The topological polar surface area (TPSA) is 156 Å². The Morgan fingerprint density at radius 2 is 1.67 bits per heavy atom. The molecule has 6 rings (SSSR count). The van der Waals surface area contributed by atoms with Crippen LogP contribution in [0.25, 0.3) is 6.08 Å². The summed E-state index contributed by atoms with van der Waals surface area (Å²) in [6.45, 7) is 7.85. The van der Waals surface area contributed by atoms with Gasteiger partial charge < -0.3 is 30.3 Å². The lowest BCUT2D eigenvalue weighted by Crippen LogP contribution is -2.39. The first-order valence-corrected chi connectivity index (χ1v) is 20.3. The average molecular weight is 818 g/mol. The summed E-state index contributed by atoms with van der Waals surface area (Å²) in [7, 11) is 0. The highest BCUT2D eigenvalue weighted by molar-refractivity contribution is 8.00. The van der Waals surface area contributed by atoms with Crippen molar-refractivity contribution in [2.24, 2.45) is 0 Å². The number of nitrogens with zero attached hydrogens (tertiary/aromatic N) is 2. The molecule has 0 aliphatic carbocycles. The van der Waals surface area contributed by atoms with Crippen LogP contribution in [0.3, 0.4) is 0 Å². The SMILES string of the molecule is CCOC(=O)c1c(NC(=O)C(Sc2cccc(NC(=O)/C(=C/c3cccnc3)NC(=O)c3ccccc3)c2)c2ccccc2)sc2c1CCN(C(=O)OC(C)(C)C)C2. The monoisotopic (exact) mass is 817 g/mol. The van der Waals surface area contributed by atoms with Crippen LogP contribution in [-0.4, -0.2) is 58.4 Å².